The highest BCUT2D eigenvalue weighted by Crippen LogP contribution is 2.31. The highest BCUT2D eigenvalue weighted by Gasteiger charge is 2.31. The van der Waals surface area contributed by atoms with Crippen molar-refractivity contribution < 1.29 is 22.7 Å². The van der Waals surface area contributed by atoms with Crippen LogP contribution < -0.4 is 15.0 Å². The summed E-state index contributed by atoms with van der Waals surface area (Å²) in [7, 11) is 0. The predicted molar refractivity (Wildman–Crippen MR) is 115 cm³/mol. The highest BCUT2D eigenvalue weighted by atomic mass is 19.4. The Bertz CT molecular complexity index is 1070. The second kappa shape index (κ2) is 9.25. The van der Waals surface area contributed by atoms with Crippen molar-refractivity contribution in [1.29, 1.82) is 0 Å². The number of benzene rings is 1. The van der Waals surface area contributed by atoms with Gasteiger partial charge in [0, 0.05) is 48.5 Å². The molecule has 0 atom stereocenters. The lowest BCUT2D eigenvalue weighted by Gasteiger charge is -2.29. The van der Waals surface area contributed by atoms with E-state index in [0.29, 0.717) is 11.3 Å². The van der Waals surface area contributed by atoms with Crippen molar-refractivity contribution in [2.45, 2.75) is 25.6 Å². The number of nitrogens with zero attached hydrogens (tertiary/aromatic N) is 3. The number of halogens is 3. The molecule has 3 heterocycles. The Morgan fingerprint density at radius 2 is 1.78 bits per heavy atom. The van der Waals surface area contributed by atoms with Crippen LogP contribution in [0, 0.1) is 0 Å². The van der Waals surface area contributed by atoms with Gasteiger partial charge in [0.1, 0.15) is 11.6 Å². The molecule has 0 bridgehead atoms. The number of hydrogen-bond acceptors (Lipinski definition) is 5. The van der Waals surface area contributed by atoms with Crippen LogP contribution in [-0.2, 0) is 0 Å². The Morgan fingerprint density at radius 1 is 1.03 bits per heavy atom. The first-order valence-electron chi connectivity index (χ1n) is 10.2. The van der Waals surface area contributed by atoms with E-state index in [-0.39, 0.29) is 5.75 Å². The summed E-state index contributed by atoms with van der Waals surface area (Å²) in [5, 5.41) is 2.68. The zero-order valence-corrected chi connectivity index (χ0v) is 17.1. The standard InChI is InChI=1S/C23H21F3N4O2/c24-23(25,26)32-19-8-6-18(7-9-19)29-22(31)17-13-20(16-5-4-10-27-14-16)21(28-15-17)30-11-2-1-3-12-30/h4-10,13-15H,1-3,11-12H2,(H,29,31). The summed E-state index contributed by atoms with van der Waals surface area (Å²) in [5.41, 5.74) is 2.33. The third-order valence-corrected chi connectivity index (χ3v) is 5.10. The quantitative estimate of drug-likeness (QED) is 0.582. The van der Waals surface area contributed by atoms with Gasteiger partial charge in [-0.1, -0.05) is 6.07 Å². The van der Waals surface area contributed by atoms with E-state index in [0.717, 1.165) is 55.0 Å². The number of ether oxygens (including phenoxy) is 1. The van der Waals surface area contributed by atoms with Gasteiger partial charge in [0.15, 0.2) is 0 Å². The van der Waals surface area contributed by atoms with Crippen molar-refractivity contribution in [1.82, 2.24) is 9.97 Å². The molecule has 9 heteroatoms. The first-order valence-corrected chi connectivity index (χ1v) is 10.2. The van der Waals surface area contributed by atoms with Gasteiger partial charge >= 0.3 is 6.36 Å². The van der Waals surface area contributed by atoms with Crippen molar-refractivity contribution >= 4 is 17.4 Å². The van der Waals surface area contributed by atoms with Crippen LogP contribution in [0.1, 0.15) is 29.6 Å². The second-order valence-corrected chi connectivity index (χ2v) is 7.41. The van der Waals surface area contributed by atoms with E-state index < -0.39 is 12.3 Å². The van der Waals surface area contributed by atoms with E-state index in [2.05, 4.69) is 24.9 Å². The van der Waals surface area contributed by atoms with Gasteiger partial charge in [-0.05, 0) is 55.7 Å². The van der Waals surface area contributed by atoms with E-state index >= 15 is 0 Å². The Kier molecular flexibility index (Phi) is 6.25. The maximum absolute atomic E-state index is 12.8. The molecule has 0 saturated carbocycles. The van der Waals surface area contributed by atoms with Crippen LogP contribution in [0.3, 0.4) is 0 Å². The average molecular weight is 442 g/mol. The van der Waals surface area contributed by atoms with Crippen LogP contribution in [0.15, 0.2) is 61.1 Å². The fraction of sp³-hybridized carbons (Fsp3) is 0.261. The second-order valence-electron chi connectivity index (χ2n) is 7.41. The molecule has 1 N–H and O–H groups in total. The minimum absolute atomic E-state index is 0.334. The van der Waals surface area contributed by atoms with Gasteiger partial charge in [0.2, 0.25) is 0 Å². The van der Waals surface area contributed by atoms with Crippen molar-refractivity contribution in [3.63, 3.8) is 0 Å². The first-order chi connectivity index (χ1) is 15.4. The fourth-order valence-electron chi connectivity index (χ4n) is 3.62. The van der Waals surface area contributed by atoms with Crippen LogP contribution in [0.4, 0.5) is 24.7 Å². The van der Waals surface area contributed by atoms with Gasteiger partial charge in [0.25, 0.3) is 5.91 Å². The lowest BCUT2D eigenvalue weighted by molar-refractivity contribution is -0.274. The summed E-state index contributed by atoms with van der Waals surface area (Å²) < 4.78 is 40.8. The Morgan fingerprint density at radius 3 is 2.44 bits per heavy atom. The molecule has 2 aromatic heterocycles. The van der Waals surface area contributed by atoms with Gasteiger partial charge in [-0.2, -0.15) is 0 Å². The summed E-state index contributed by atoms with van der Waals surface area (Å²) in [4.78, 5) is 23.8. The number of rotatable bonds is 5. The number of nitrogens with one attached hydrogen (secondary N) is 1. The van der Waals surface area contributed by atoms with Gasteiger partial charge in [-0.15, -0.1) is 13.2 Å². The number of aromatic nitrogens is 2. The van der Waals surface area contributed by atoms with Crippen molar-refractivity contribution in [3.8, 4) is 16.9 Å². The van der Waals surface area contributed by atoms with Crippen LogP contribution in [0.2, 0.25) is 0 Å². The topological polar surface area (TPSA) is 67.3 Å². The van der Waals surface area contributed by atoms with Crippen LogP contribution >= 0.6 is 0 Å². The van der Waals surface area contributed by atoms with E-state index in [1.165, 1.54) is 24.8 Å². The minimum Gasteiger partial charge on any atom is -0.406 e. The van der Waals surface area contributed by atoms with E-state index in [1.54, 1.807) is 18.5 Å². The zero-order chi connectivity index (χ0) is 22.6. The largest absolute Gasteiger partial charge is 0.573 e. The molecule has 6 nitrogen and oxygen atoms in total. The lowest BCUT2D eigenvalue weighted by atomic mass is 10.0. The van der Waals surface area contributed by atoms with Gasteiger partial charge < -0.3 is 15.0 Å². The number of alkyl halides is 3. The molecule has 0 spiro atoms. The zero-order valence-electron chi connectivity index (χ0n) is 17.1. The number of pyridine rings is 2. The summed E-state index contributed by atoms with van der Waals surface area (Å²) >= 11 is 0. The van der Waals surface area contributed by atoms with Crippen LogP contribution in [0.25, 0.3) is 11.1 Å². The van der Waals surface area contributed by atoms with Crippen molar-refractivity contribution in [2.24, 2.45) is 0 Å². The van der Waals surface area contributed by atoms with Crippen molar-refractivity contribution in [3.05, 3.63) is 66.6 Å². The molecule has 1 aliphatic heterocycles. The normalized spacial score (nSPS) is 14.2. The molecule has 3 aromatic rings. The number of piperidine rings is 1. The summed E-state index contributed by atoms with van der Waals surface area (Å²) in [6.07, 6.45) is 3.52. The monoisotopic (exact) mass is 442 g/mol. The number of anilines is 2. The van der Waals surface area contributed by atoms with Crippen LogP contribution in [0.5, 0.6) is 5.75 Å². The Balaban J connectivity index is 1.57. The molecule has 1 aromatic carbocycles. The number of amides is 1. The smallest absolute Gasteiger partial charge is 0.406 e. The maximum Gasteiger partial charge on any atom is 0.573 e. The molecule has 1 aliphatic rings. The van der Waals surface area contributed by atoms with Crippen molar-refractivity contribution in [2.75, 3.05) is 23.3 Å². The molecule has 4 rings (SSSR count). The molecule has 1 fully saturated rings. The van der Waals surface area contributed by atoms with Crippen LogP contribution in [-0.4, -0.2) is 35.3 Å². The fourth-order valence-corrected chi connectivity index (χ4v) is 3.62. The summed E-state index contributed by atoms with van der Waals surface area (Å²) in [5.74, 6) is 0.0298. The Labute approximate surface area is 183 Å². The van der Waals surface area contributed by atoms with Gasteiger partial charge in [0.05, 0.1) is 5.56 Å². The third-order valence-electron chi connectivity index (χ3n) is 5.10. The third kappa shape index (κ3) is 5.35. The molecule has 166 valence electrons. The first kappa shape index (κ1) is 21.6. The SMILES string of the molecule is O=C(Nc1ccc(OC(F)(F)F)cc1)c1cnc(N2CCCCC2)c(-c2cccnc2)c1. The van der Waals surface area contributed by atoms with E-state index in [4.69, 9.17) is 0 Å². The van der Waals surface area contributed by atoms with E-state index in [1.807, 2.05) is 12.1 Å². The van der Waals surface area contributed by atoms with E-state index in [9.17, 15) is 18.0 Å². The molecule has 0 aliphatic carbocycles. The number of carbonyl (C=O) groups is 1. The maximum atomic E-state index is 12.8. The van der Waals surface area contributed by atoms with Gasteiger partial charge in [-0.25, -0.2) is 4.98 Å². The summed E-state index contributed by atoms with van der Waals surface area (Å²) in [6, 6.07) is 10.5. The van der Waals surface area contributed by atoms with Gasteiger partial charge in [-0.3, -0.25) is 9.78 Å². The molecule has 0 radical (unpaired) electrons. The molecular formula is C23H21F3N4O2. The number of carbonyl (C=O) groups excluding carboxylic acids is 1. The molecule has 32 heavy (non-hydrogen) atoms. The summed E-state index contributed by atoms with van der Waals surface area (Å²) in [6.45, 7) is 1.80. The number of hydrogen-bond donors (Lipinski definition) is 1. The molecule has 0 unspecified atom stereocenters. The predicted octanol–water partition coefficient (Wildman–Crippen LogP) is 5.28. The molecular weight excluding hydrogens is 421 g/mol. The molecule has 1 saturated heterocycles. The average Bonchev–Trinajstić information content (AvgIpc) is 2.80. The Hall–Kier alpha value is -3.62. The molecule has 1 amide bonds. The highest BCUT2D eigenvalue weighted by molar-refractivity contribution is 6.05. The lowest BCUT2D eigenvalue weighted by Crippen LogP contribution is -2.30. The minimum atomic E-state index is -4.77.